The highest BCUT2D eigenvalue weighted by Gasteiger charge is 2.21. The van der Waals surface area contributed by atoms with Crippen LogP contribution < -0.4 is 5.32 Å². The van der Waals surface area contributed by atoms with Crippen molar-refractivity contribution >= 4 is 50.5 Å². The lowest BCUT2D eigenvalue weighted by atomic mass is 10.2. The van der Waals surface area contributed by atoms with Gasteiger partial charge in [-0.3, -0.25) is 9.59 Å². The lowest BCUT2D eigenvalue weighted by Crippen LogP contribution is -2.39. The molecule has 0 aromatic heterocycles. The molecule has 2 amide bonds. The highest BCUT2D eigenvalue weighted by atomic mass is 35.5. The Bertz CT molecular complexity index is 1010. The van der Waals surface area contributed by atoms with E-state index in [0.29, 0.717) is 28.7 Å². The number of aryl methyl sites for hydroxylation is 1. The van der Waals surface area contributed by atoms with E-state index in [1.165, 1.54) is 23.1 Å². The molecule has 0 saturated carbocycles. The lowest BCUT2D eigenvalue weighted by molar-refractivity contribution is -0.134. The second-order valence-corrected chi connectivity index (χ2v) is 9.82. The molecule has 0 fully saturated rings. The maximum Gasteiger partial charge on any atom is 0.244 e. The quantitative estimate of drug-likeness (QED) is 0.590. The molecule has 0 saturated heterocycles. The molecule has 0 aliphatic rings. The first-order valence-electron chi connectivity index (χ1n) is 9.44. The van der Waals surface area contributed by atoms with E-state index in [9.17, 15) is 18.0 Å². The number of hydrogen-bond donors (Lipinski definition) is 1. The van der Waals surface area contributed by atoms with Crippen LogP contribution in [0.2, 0.25) is 10.0 Å². The number of sulfone groups is 1. The van der Waals surface area contributed by atoms with Crippen LogP contribution in [-0.2, 0) is 19.4 Å². The predicted octanol–water partition coefficient (Wildman–Crippen LogP) is 4.34. The van der Waals surface area contributed by atoms with Crippen molar-refractivity contribution in [3.63, 3.8) is 0 Å². The Morgan fingerprint density at radius 3 is 2.37 bits per heavy atom. The topological polar surface area (TPSA) is 83.6 Å². The van der Waals surface area contributed by atoms with Gasteiger partial charge in [-0.15, -0.1) is 0 Å². The first kappa shape index (κ1) is 24.2. The Morgan fingerprint density at radius 1 is 1.07 bits per heavy atom. The third-order valence-electron chi connectivity index (χ3n) is 4.35. The molecule has 2 aromatic rings. The molecule has 0 heterocycles. The Kier molecular flexibility index (Phi) is 8.70. The average Bonchev–Trinajstić information content (AvgIpc) is 2.69. The van der Waals surface area contributed by atoms with Crippen LogP contribution in [0.4, 0.5) is 5.69 Å². The Hall–Kier alpha value is -2.09. The number of carbonyl (C=O) groups is 2. The summed E-state index contributed by atoms with van der Waals surface area (Å²) in [6, 6.07) is 11.2. The fourth-order valence-electron chi connectivity index (χ4n) is 2.76. The summed E-state index contributed by atoms with van der Waals surface area (Å²) in [6.45, 7) is 3.86. The van der Waals surface area contributed by atoms with Gasteiger partial charge in [-0.1, -0.05) is 47.8 Å². The minimum absolute atomic E-state index is 0.177. The number of hydrogen-bond acceptors (Lipinski definition) is 4. The Balaban J connectivity index is 2.00. The van der Waals surface area contributed by atoms with E-state index in [2.05, 4.69) is 5.32 Å². The van der Waals surface area contributed by atoms with Crippen LogP contribution in [-0.4, -0.2) is 44.0 Å². The molecule has 1 N–H and O–H groups in total. The second-order valence-electron chi connectivity index (χ2n) is 6.87. The van der Waals surface area contributed by atoms with E-state index in [4.69, 9.17) is 23.2 Å². The molecular weight excluding hydrogens is 447 g/mol. The number of amides is 2. The molecule has 6 nitrogen and oxygen atoms in total. The maximum atomic E-state index is 12.6. The molecule has 0 aliphatic heterocycles. The summed E-state index contributed by atoms with van der Waals surface area (Å²) < 4.78 is 25.0. The fraction of sp³-hybridized carbons (Fsp3) is 0.333. The summed E-state index contributed by atoms with van der Waals surface area (Å²) in [5.74, 6) is -1.17. The summed E-state index contributed by atoms with van der Waals surface area (Å²) in [4.78, 5) is 26.5. The number of carbonyl (C=O) groups excluding carboxylic acids is 2. The maximum absolute atomic E-state index is 12.6. The first-order valence-corrected chi connectivity index (χ1v) is 11.9. The number of anilines is 1. The molecule has 9 heteroatoms. The molecule has 0 unspecified atom stereocenters. The zero-order valence-electron chi connectivity index (χ0n) is 16.8. The standard InChI is InChI=1S/C21H24Cl2N2O4S/c1-3-11-25(14-20(26)24-19-13-16(22)6-9-18(19)23)21(27)10-12-30(28,29)17-7-4-15(2)5-8-17/h4-9,13H,3,10-12,14H2,1-2H3,(H,24,26). The van der Waals surface area contributed by atoms with E-state index < -0.39 is 21.7 Å². The third kappa shape index (κ3) is 7.00. The van der Waals surface area contributed by atoms with Crippen LogP contribution in [0.3, 0.4) is 0 Å². The van der Waals surface area contributed by atoms with Crippen LogP contribution in [0.15, 0.2) is 47.4 Å². The van der Waals surface area contributed by atoms with Crippen molar-refractivity contribution in [1.82, 2.24) is 4.90 Å². The highest BCUT2D eigenvalue weighted by molar-refractivity contribution is 7.91. The van der Waals surface area contributed by atoms with Crippen LogP contribution in [0.5, 0.6) is 0 Å². The van der Waals surface area contributed by atoms with Gasteiger partial charge in [0, 0.05) is 18.0 Å². The van der Waals surface area contributed by atoms with E-state index in [0.717, 1.165) is 5.56 Å². The fourth-order valence-corrected chi connectivity index (χ4v) is 4.33. The van der Waals surface area contributed by atoms with Gasteiger partial charge >= 0.3 is 0 Å². The second kappa shape index (κ2) is 10.8. The van der Waals surface area contributed by atoms with Crippen molar-refractivity contribution in [2.45, 2.75) is 31.6 Å². The van der Waals surface area contributed by atoms with Crippen LogP contribution in [0.1, 0.15) is 25.3 Å². The SMILES string of the molecule is CCCN(CC(=O)Nc1cc(Cl)ccc1Cl)C(=O)CCS(=O)(=O)c1ccc(C)cc1. The van der Waals surface area contributed by atoms with Crippen molar-refractivity contribution in [2.24, 2.45) is 0 Å². The van der Waals surface area contributed by atoms with E-state index >= 15 is 0 Å². The molecule has 162 valence electrons. The zero-order valence-corrected chi connectivity index (χ0v) is 19.1. The molecule has 0 atom stereocenters. The van der Waals surface area contributed by atoms with Crippen molar-refractivity contribution in [2.75, 3.05) is 24.2 Å². The van der Waals surface area contributed by atoms with E-state index in [-0.39, 0.29) is 23.6 Å². The predicted molar refractivity (Wildman–Crippen MR) is 120 cm³/mol. The minimum atomic E-state index is -3.59. The van der Waals surface area contributed by atoms with Crippen molar-refractivity contribution in [1.29, 1.82) is 0 Å². The van der Waals surface area contributed by atoms with Gasteiger partial charge in [-0.2, -0.15) is 0 Å². The number of nitrogens with zero attached hydrogens (tertiary/aromatic N) is 1. The summed E-state index contributed by atoms with van der Waals surface area (Å²) in [6.07, 6.45) is 0.420. The summed E-state index contributed by atoms with van der Waals surface area (Å²) in [5, 5.41) is 3.37. The summed E-state index contributed by atoms with van der Waals surface area (Å²) in [7, 11) is -3.59. The Labute approximate surface area is 187 Å². The molecule has 2 aromatic carbocycles. The molecule has 0 spiro atoms. The highest BCUT2D eigenvalue weighted by Crippen LogP contribution is 2.25. The lowest BCUT2D eigenvalue weighted by Gasteiger charge is -2.22. The molecule has 0 bridgehead atoms. The van der Waals surface area contributed by atoms with Crippen molar-refractivity contribution in [3.05, 3.63) is 58.1 Å². The van der Waals surface area contributed by atoms with Gasteiger partial charge in [0.2, 0.25) is 11.8 Å². The van der Waals surface area contributed by atoms with Gasteiger partial charge < -0.3 is 10.2 Å². The molecule has 30 heavy (non-hydrogen) atoms. The largest absolute Gasteiger partial charge is 0.333 e. The molecule has 2 rings (SSSR count). The molecule has 0 aliphatic carbocycles. The number of benzene rings is 2. The van der Waals surface area contributed by atoms with Crippen LogP contribution >= 0.6 is 23.2 Å². The third-order valence-corrected chi connectivity index (χ3v) is 6.64. The van der Waals surface area contributed by atoms with Gasteiger partial charge in [0.05, 0.1) is 27.9 Å². The van der Waals surface area contributed by atoms with Gasteiger partial charge in [0.15, 0.2) is 9.84 Å². The molecule has 0 radical (unpaired) electrons. The van der Waals surface area contributed by atoms with Crippen LogP contribution in [0.25, 0.3) is 0 Å². The normalized spacial score (nSPS) is 11.2. The van der Waals surface area contributed by atoms with Gasteiger partial charge in [0.1, 0.15) is 0 Å². The monoisotopic (exact) mass is 470 g/mol. The Morgan fingerprint density at radius 2 is 1.73 bits per heavy atom. The summed E-state index contributed by atoms with van der Waals surface area (Å²) in [5.41, 5.74) is 1.30. The van der Waals surface area contributed by atoms with Crippen molar-refractivity contribution in [3.8, 4) is 0 Å². The average molecular weight is 471 g/mol. The zero-order chi connectivity index (χ0) is 22.3. The smallest absolute Gasteiger partial charge is 0.244 e. The van der Waals surface area contributed by atoms with E-state index in [1.807, 2.05) is 13.8 Å². The number of halogens is 2. The van der Waals surface area contributed by atoms with Crippen LogP contribution in [0, 0.1) is 6.92 Å². The van der Waals surface area contributed by atoms with Gasteiger partial charge in [-0.25, -0.2) is 8.42 Å². The minimum Gasteiger partial charge on any atom is -0.333 e. The van der Waals surface area contributed by atoms with Gasteiger partial charge in [-0.05, 0) is 43.7 Å². The van der Waals surface area contributed by atoms with Gasteiger partial charge in [0.25, 0.3) is 0 Å². The summed E-state index contributed by atoms with van der Waals surface area (Å²) >= 11 is 12.0. The van der Waals surface area contributed by atoms with Crippen molar-refractivity contribution < 1.29 is 18.0 Å². The number of nitrogens with one attached hydrogen (secondary N) is 1. The first-order chi connectivity index (χ1) is 14.1. The van der Waals surface area contributed by atoms with E-state index in [1.54, 1.807) is 24.3 Å². The molecular formula is C21H24Cl2N2O4S. The number of rotatable bonds is 9.